The summed E-state index contributed by atoms with van der Waals surface area (Å²) in [5.74, 6) is 0.285. The molecule has 7 heteroatoms. The molecule has 1 unspecified atom stereocenters. The molecule has 0 aromatic heterocycles. The fourth-order valence-electron chi connectivity index (χ4n) is 1.07. The van der Waals surface area contributed by atoms with Gasteiger partial charge in [0.15, 0.2) is 6.17 Å². The fourth-order valence-corrected chi connectivity index (χ4v) is 1.07. The number of aliphatic imine (C=N–C) groups is 2. The van der Waals surface area contributed by atoms with E-state index in [1.165, 1.54) is 12.6 Å². The third-order valence-corrected chi connectivity index (χ3v) is 1.76. The Kier molecular flexibility index (Phi) is 4.14. The van der Waals surface area contributed by atoms with Gasteiger partial charge in [-0.1, -0.05) is 6.92 Å². The van der Waals surface area contributed by atoms with Crippen molar-refractivity contribution in [3.63, 3.8) is 0 Å². The highest BCUT2D eigenvalue weighted by Gasteiger charge is 2.25. The predicted octanol–water partition coefficient (Wildman–Crippen LogP) is 1.02. The summed E-state index contributed by atoms with van der Waals surface area (Å²) in [4.78, 5) is 7.48. The number of nitrogens with two attached hydrogens (primary N) is 1. The third kappa shape index (κ3) is 3.26. The first-order valence-electron chi connectivity index (χ1n) is 4.58. The monoisotopic (exact) mass is 217 g/mol. The predicted molar refractivity (Wildman–Crippen MR) is 55.1 cm³/mol. The second-order valence-electron chi connectivity index (χ2n) is 2.93. The molecular weight excluding hydrogens is 204 g/mol. The zero-order valence-electron chi connectivity index (χ0n) is 8.35. The number of hydrazone groups is 1. The van der Waals surface area contributed by atoms with Gasteiger partial charge in [0.25, 0.3) is 0 Å². The molecule has 0 bridgehead atoms. The molecule has 0 spiro atoms. The fraction of sp³-hybridized carbons (Fsp3) is 0.625. The molecule has 1 aliphatic heterocycles. The second-order valence-corrected chi connectivity index (χ2v) is 2.93. The van der Waals surface area contributed by atoms with Crippen LogP contribution in [0.2, 0.25) is 0 Å². The lowest BCUT2D eigenvalue weighted by Gasteiger charge is -2.25. The van der Waals surface area contributed by atoms with Gasteiger partial charge in [-0.25, -0.2) is 15.0 Å². The van der Waals surface area contributed by atoms with E-state index in [1.807, 2.05) is 6.92 Å². The molecule has 0 saturated heterocycles. The molecule has 1 atom stereocenters. The third-order valence-electron chi connectivity index (χ3n) is 1.76. The average molecular weight is 217 g/mol. The van der Waals surface area contributed by atoms with E-state index in [4.69, 9.17) is 5.73 Å². The van der Waals surface area contributed by atoms with Crippen LogP contribution < -0.4 is 5.73 Å². The second kappa shape index (κ2) is 5.38. The number of hydrogen-bond acceptors (Lipinski definition) is 5. The number of nitrogens with zero attached hydrogens (tertiary/aromatic N) is 4. The van der Waals surface area contributed by atoms with Crippen molar-refractivity contribution in [2.75, 3.05) is 0 Å². The summed E-state index contributed by atoms with van der Waals surface area (Å²) in [6, 6.07) is 0. The summed E-state index contributed by atoms with van der Waals surface area (Å²) < 4.78 is 25.2. The lowest BCUT2D eigenvalue weighted by atomic mass is 10.3. The van der Waals surface area contributed by atoms with Gasteiger partial charge in [-0.15, -0.1) is 0 Å². The van der Waals surface area contributed by atoms with Crippen LogP contribution >= 0.6 is 0 Å². The Morgan fingerprint density at radius 3 is 3.07 bits per heavy atom. The van der Waals surface area contributed by atoms with Crippen LogP contribution in [0.3, 0.4) is 0 Å². The van der Waals surface area contributed by atoms with Crippen LogP contribution in [0, 0.1) is 0 Å². The Balaban J connectivity index is 2.69. The largest absolute Gasteiger partial charge is 0.387 e. The molecule has 0 fully saturated rings. The van der Waals surface area contributed by atoms with E-state index in [1.54, 1.807) is 0 Å². The van der Waals surface area contributed by atoms with Crippen LogP contribution in [-0.2, 0) is 0 Å². The molecule has 0 aromatic carbocycles. The zero-order valence-corrected chi connectivity index (χ0v) is 8.35. The van der Waals surface area contributed by atoms with Crippen LogP contribution in [0.15, 0.2) is 15.1 Å². The maximum Gasteiger partial charge on any atom is 0.331 e. The molecule has 0 aliphatic carbocycles. The lowest BCUT2D eigenvalue weighted by molar-refractivity contribution is -0.0490. The molecule has 0 radical (unpaired) electrons. The Morgan fingerprint density at radius 1 is 1.80 bits per heavy atom. The van der Waals surface area contributed by atoms with Crippen LogP contribution in [0.25, 0.3) is 0 Å². The molecule has 84 valence electrons. The maximum absolute atomic E-state index is 12.6. The van der Waals surface area contributed by atoms with E-state index in [-0.39, 0.29) is 12.3 Å². The normalized spacial score (nSPS) is 21.1. The molecule has 1 heterocycles. The van der Waals surface area contributed by atoms with Crippen molar-refractivity contribution in [1.82, 2.24) is 5.01 Å². The molecule has 0 saturated carbocycles. The van der Waals surface area contributed by atoms with Crippen molar-refractivity contribution in [2.45, 2.75) is 32.5 Å². The van der Waals surface area contributed by atoms with E-state index < -0.39 is 12.7 Å². The number of rotatable bonds is 4. The van der Waals surface area contributed by atoms with Crippen molar-refractivity contribution in [3.8, 4) is 0 Å². The van der Waals surface area contributed by atoms with Crippen LogP contribution in [0.1, 0.15) is 19.8 Å². The highest BCUT2D eigenvalue weighted by atomic mass is 19.3. The van der Waals surface area contributed by atoms with Gasteiger partial charge in [0, 0.05) is 12.6 Å². The number of amidine groups is 1. The zero-order chi connectivity index (χ0) is 11.3. The first kappa shape index (κ1) is 11.5. The van der Waals surface area contributed by atoms with Gasteiger partial charge < -0.3 is 5.73 Å². The summed E-state index contributed by atoms with van der Waals surface area (Å²) in [5, 5.41) is 4.26. The number of hydrogen-bond donors (Lipinski definition) is 1. The topological polar surface area (TPSA) is 66.3 Å². The van der Waals surface area contributed by atoms with E-state index in [9.17, 15) is 8.78 Å². The Hall–Kier alpha value is -1.53. The number of halogens is 2. The van der Waals surface area contributed by atoms with Crippen molar-refractivity contribution >= 4 is 18.4 Å². The van der Waals surface area contributed by atoms with Gasteiger partial charge in [0.2, 0.25) is 0 Å². The van der Waals surface area contributed by atoms with Gasteiger partial charge in [-0.3, -0.25) is 0 Å². The summed E-state index contributed by atoms with van der Waals surface area (Å²) in [6.45, 7) is -0.881. The van der Waals surface area contributed by atoms with E-state index in [0.29, 0.717) is 11.4 Å². The highest BCUT2D eigenvalue weighted by Crippen LogP contribution is 2.15. The van der Waals surface area contributed by atoms with Gasteiger partial charge in [0.1, 0.15) is 12.2 Å². The Labute approximate surface area is 86.4 Å². The Morgan fingerprint density at radius 2 is 2.53 bits per heavy atom. The summed E-state index contributed by atoms with van der Waals surface area (Å²) in [5.41, 5.74) is 5.43. The van der Waals surface area contributed by atoms with E-state index in [2.05, 4.69) is 15.1 Å². The molecule has 0 aromatic rings. The number of alkyl halides is 2. The molecule has 1 aliphatic rings. The molecule has 5 nitrogen and oxygen atoms in total. The summed E-state index contributed by atoms with van der Waals surface area (Å²) in [6.07, 6.45) is 2.58. The van der Waals surface area contributed by atoms with E-state index in [0.717, 1.165) is 0 Å². The smallest absolute Gasteiger partial charge is 0.331 e. The van der Waals surface area contributed by atoms with Crippen LogP contribution in [-0.4, -0.2) is 36.1 Å². The molecule has 0 amide bonds. The molecular formula is C8H13F2N5. The SMILES string of the molecule is CC/C=N\N(C(F)F)C1CC(N)=NC=N1. The first-order chi connectivity index (χ1) is 7.15. The first-order valence-corrected chi connectivity index (χ1v) is 4.58. The summed E-state index contributed by atoms with van der Waals surface area (Å²) in [7, 11) is 0. The highest BCUT2D eigenvalue weighted by molar-refractivity contribution is 5.89. The Bertz CT molecular complexity index is 287. The molecule has 2 N–H and O–H groups in total. The minimum Gasteiger partial charge on any atom is -0.387 e. The minimum atomic E-state index is -2.69. The molecule has 1 rings (SSSR count). The van der Waals surface area contributed by atoms with Crippen LogP contribution in [0.5, 0.6) is 0 Å². The quantitative estimate of drug-likeness (QED) is 0.434. The standard InChI is InChI=1S/C8H13F2N5/c1-2-3-14-15(8(9)10)7-4-6(11)12-5-13-7/h3,5,7-8H,2,4H2,1H3,(H2,11,12,13)/b14-3-. The molecule has 15 heavy (non-hydrogen) atoms. The van der Waals surface area contributed by atoms with Gasteiger partial charge >= 0.3 is 6.55 Å². The average Bonchev–Trinajstić information content (AvgIpc) is 2.18. The van der Waals surface area contributed by atoms with Crippen molar-refractivity contribution in [1.29, 1.82) is 0 Å². The van der Waals surface area contributed by atoms with Crippen molar-refractivity contribution in [3.05, 3.63) is 0 Å². The summed E-state index contributed by atoms with van der Waals surface area (Å²) >= 11 is 0. The van der Waals surface area contributed by atoms with E-state index >= 15 is 0 Å². The van der Waals surface area contributed by atoms with Gasteiger partial charge in [-0.05, 0) is 6.42 Å². The maximum atomic E-state index is 12.6. The van der Waals surface area contributed by atoms with Gasteiger partial charge in [0.05, 0.1) is 0 Å². The van der Waals surface area contributed by atoms with Crippen LogP contribution in [0.4, 0.5) is 8.78 Å². The van der Waals surface area contributed by atoms with Crippen molar-refractivity contribution < 1.29 is 8.78 Å². The lowest BCUT2D eigenvalue weighted by Crippen LogP contribution is -2.38. The van der Waals surface area contributed by atoms with Gasteiger partial charge in [-0.2, -0.15) is 13.9 Å². The van der Waals surface area contributed by atoms with Crippen molar-refractivity contribution in [2.24, 2.45) is 20.8 Å². The minimum absolute atomic E-state index is 0.169.